The summed E-state index contributed by atoms with van der Waals surface area (Å²) in [4.78, 5) is 24.1. The second-order valence-corrected chi connectivity index (χ2v) is 9.13. The number of hydrogen-bond acceptors (Lipinski definition) is 5. The normalized spacial score (nSPS) is 21.4. The molecule has 2 atom stereocenters. The van der Waals surface area contributed by atoms with Gasteiger partial charge in [0.1, 0.15) is 0 Å². The Balaban J connectivity index is 2.02. The third-order valence-corrected chi connectivity index (χ3v) is 5.81. The summed E-state index contributed by atoms with van der Waals surface area (Å²) in [6.07, 6.45) is -0.723. The number of amides is 3. The molecule has 0 bridgehead atoms. The molecule has 2 rings (SSSR count). The van der Waals surface area contributed by atoms with E-state index >= 15 is 0 Å². The molecule has 1 aliphatic rings. The Bertz CT molecular complexity index is 792. The van der Waals surface area contributed by atoms with E-state index in [2.05, 4.69) is 16.0 Å². The highest BCUT2D eigenvalue weighted by atomic mass is 32.2. The van der Waals surface area contributed by atoms with Gasteiger partial charge < -0.3 is 21.1 Å². The van der Waals surface area contributed by atoms with Crippen LogP contribution in [0.2, 0.25) is 0 Å². The third-order valence-electron chi connectivity index (χ3n) is 4.09. The van der Waals surface area contributed by atoms with E-state index < -0.39 is 28.0 Å². The average molecular weight is 383 g/mol. The Hall–Kier alpha value is -2.13. The van der Waals surface area contributed by atoms with Crippen LogP contribution < -0.4 is 16.0 Å². The molecular formula is C17H25N3O5S. The van der Waals surface area contributed by atoms with Crippen molar-refractivity contribution in [2.75, 3.05) is 22.1 Å². The minimum Gasteiger partial charge on any atom is -0.390 e. The Morgan fingerprint density at radius 2 is 1.81 bits per heavy atom. The first kappa shape index (κ1) is 20.2. The van der Waals surface area contributed by atoms with Crippen molar-refractivity contribution < 1.29 is 23.1 Å². The van der Waals surface area contributed by atoms with Crippen molar-refractivity contribution in [3.63, 3.8) is 0 Å². The van der Waals surface area contributed by atoms with Crippen molar-refractivity contribution in [1.29, 1.82) is 0 Å². The summed E-state index contributed by atoms with van der Waals surface area (Å²) in [6.45, 7) is 5.66. The Morgan fingerprint density at radius 3 is 2.35 bits per heavy atom. The quantitative estimate of drug-likeness (QED) is 0.609. The number of hydrogen-bond donors (Lipinski definition) is 4. The largest absolute Gasteiger partial charge is 0.390 e. The molecular weight excluding hydrogens is 358 g/mol. The Labute approximate surface area is 153 Å². The lowest BCUT2D eigenvalue weighted by Gasteiger charge is -2.17. The van der Waals surface area contributed by atoms with E-state index in [1.165, 1.54) is 0 Å². The number of aliphatic hydroxyl groups is 1. The number of carbonyl (C=O) groups excluding carboxylic acids is 2. The SMILES string of the molecule is Cc1c(NC(=O)CC(C)C)cccc1NC(=O)N[C@@H]1CS(=O)(=O)C[C@H]1O. The van der Waals surface area contributed by atoms with E-state index in [1.807, 2.05) is 13.8 Å². The summed E-state index contributed by atoms with van der Waals surface area (Å²) in [5, 5.41) is 17.7. The van der Waals surface area contributed by atoms with Crippen molar-refractivity contribution in [3.8, 4) is 0 Å². The molecule has 144 valence electrons. The van der Waals surface area contributed by atoms with Crippen LogP contribution in [0.1, 0.15) is 25.8 Å². The summed E-state index contributed by atoms with van der Waals surface area (Å²) in [5.41, 5.74) is 1.76. The fraction of sp³-hybridized carbons (Fsp3) is 0.529. The number of aliphatic hydroxyl groups excluding tert-OH is 1. The molecule has 1 aromatic carbocycles. The lowest BCUT2D eigenvalue weighted by molar-refractivity contribution is -0.116. The van der Waals surface area contributed by atoms with Crippen LogP contribution in [-0.4, -0.2) is 49.1 Å². The van der Waals surface area contributed by atoms with Crippen molar-refractivity contribution >= 4 is 33.2 Å². The van der Waals surface area contributed by atoms with Gasteiger partial charge in [-0.25, -0.2) is 13.2 Å². The molecule has 0 aliphatic carbocycles. The molecule has 1 fully saturated rings. The van der Waals surface area contributed by atoms with Crippen molar-refractivity contribution in [1.82, 2.24) is 5.32 Å². The molecule has 9 heteroatoms. The van der Waals surface area contributed by atoms with Crippen LogP contribution in [0.3, 0.4) is 0 Å². The lowest BCUT2D eigenvalue weighted by atomic mass is 10.1. The van der Waals surface area contributed by atoms with Crippen LogP contribution in [0.15, 0.2) is 18.2 Å². The molecule has 4 N–H and O–H groups in total. The summed E-state index contributed by atoms with van der Waals surface area (Å²) >= 11 is 0. The zero-order valence-corrected chi connectivity index (χ0v) is 15.9. The van der Waals surface area contributed by atoms with Crippen LogP contribution in [-0.2, 0) is 14.6 Å². The van der Waals surface area contributed by atoms with Gasteiger partial charge >= 0.3 is 6.03 Å². The van der Waals surface area contributed by atoms with Crippen molar-refractivity contribution in [3.05, 3.63) is 23.8 Å². The van der Waals surface area contributed by atoms with E-state index in [0.29, 0.717) is 23.4 Å². The van der Waals surface area contributed by atoms with E-state index in [0.717, 1.165) is 0 Å². The van der Waals surface area contributed by atoms with E-state index in [1.54, 1.807) is 25.1 Å². The lowest BCUT2D eigenvalue weighted by Crippen LogP contribution is -2.44. The summed E-state index contributed by atoms with van der Waals surface area (Å²) in [7, 11) is -3.34. The first-order valence-corrected chi connectivity index (χ1v) is 10.2. The van der Waals surface area contributed by atoms with Gasteiger partial charge in [0.2, 0.25) is 5.91 Å². The number of urea groups is 1. The summed E-state index contributed by atoms with van der Waals surface area (Å²) in [5.74, 6) is -0.513. The maximum absolute atomic E-state index is 12.1. The molecule has 0 saturated carbocycles. The molecule has 26 heavy (non-hydrogen) atoms. The second-order valence-electron chi connectivity index (χ2n) is 6.97. The van der Waals surface area contributed by atoms with Gasteiger partial charge in [0.05, 0.1) is 23.7 Å². The van der Waals surface area contributed by atoms with E-state index in [4.69, 9.17) is 0 Å². The van der Waals surface area contributed by atoms with Crippen LogP contribution in [0.25, 0.3) is 0 Å². The fourth-order valence-corrected chi connectivity index (χ4v) is 4.51. The van der Waals surface area contributed by atoms with E-state index in [-0.39, 0.29) is 23.3 Å². The molecule has 1 aromatic rings. The maximum atomic E-state index is 12.1. The molecule has 3 amide bonds. The zero-order valence-electron chi connectivity index (χ0n) is 15.1. The minimum absolute atomic E-state index is 0.107. The summed E-state index contributed by atoms with van der Waals surface area (Å²) < 4.78 is 23.0. The highest BCUT2D eigenvalue weighted by molar-refractivity contribution is 7.91. The zero-order chi connectivity index (χ0) is 19.5. The predicted molar refractivity (Wildman–Crippen MR) is 99.9 cm³/mol. The topological polar surface area (TPSA) is 125 Å². The number of sulfone groups is 1. The Morgan fingerprint density at radius 1 is 1.19 bits per heavy atom. The molecule has 0 unspecified atom stereocenters. The number of anilines is 2. The number of carbonyl (C=O) groups is 2. The van der Waals surface area contributed by atoms with E-state index in [9.17, 15) is 23.1 Å². The van der Waals surface area contributed by atoms with Gasteiger partial charge in [-0.2, -0.15) is 0 Å². The standard InChI is InChI=1S/C17H25N3O5S/c1-10(2)7-16(22)18-12-5-4-6-13(11(12)3)19-17(23)20-14-8-26(24,25)9-15(14)21/h4-6,10,14-15,21H,7-9H2,1-3H3,(H,18,22)(H2,19,20,23)/t14-,15-/m1/s1. The minimum atomic E-state index is -3.34. The number of rotatable bonds is 5. The third kappa shape index (κ3) is 5.43. The fourth-order valence-electron chi connectivity index (χ4n) is 2.77. The molecule has 1 aliphatic heterocycles. The van der Waals surface area contributed by atoms with Gasteiger partial charge in [-0.15, -0.1) is 0 Å². The van der Waals surface area contributed by atoms with Gasteiger partial charge in [-0.3, -0.25) is 4.79 Å². The summed E-state index contributed by atoms with van der Waals surface area (Å²) in [6, 6.07) is 3.66. The van der Waals surface area contributed by atoms with Crippen LogP contribution in [0.4, 0.5) is 16.2 Å². The number of nitrogens with one attached hydrogen (secondary N) is 3. The van der Waals surface area contributed by atoms with Crippen LogP contribution in [0.5, 0.6) is 0 Å². The maximum Gasteiger partial charge on any atom is 0.319 e. The monoisotopic (exact) mass is 383 g/mol. The predicted octanol–water partition coefficient (Wildman–Crippen LogP) is 1.26. The van der Waals surface area contributed by atoms with Crippen molar-refractivity contribution in [2.45, 2.75) is 39.3 Å². The average Bonchev–Trinajstić information content (AvgIpc) is 2.74. The first-order valence-electron chi connectivity index (χ1n) is 8.43. The molecule has 0 aromatic heterocycles. The van der Waals surface area contributed by atoms with Gasteiger partial charge in [0, 0.05) is 17.8 Å². The van der Waals surface area contributed by atoms with Gasteiger partial charge in [0.25, 0.3) is 0 Å². The molecule has 8 nitrogen and oxygen atoms in total. The smallest absolute Gasteiger partial charge is 0.319 e. The van der Waals surface area contributed by atoms with Crippen LogP contribution in [0, 0.1) is 12.8 Å². The highest BCUT2D eigenvalue weighted by Gasteiger charge is 2.37. The van der Waals surface area contributed by atoms with Gasteiger partial charge in [-0.05, 0) is 30.5 Å². The van der Waals surface area contributed by atoms with Gasteiger partial charge in [-0.1, -0.05) is 19.9 Å². The van der Waals surface area contributed by atoms with Gasteiger partial charge in [0.15, 0.2) is 9.84 Å². The molecule has 1 heterocycles. The number of benzene rings is 1. The Kier molecular flexibility index (Phi) is 6.25. The molecule has 0 radical (unpaired) electrons. The second kappa shape index (κ2) is 8.05. The first-order chi connectivity index (χ1) is 12.1. The molecule has 1 saturated heterocycles. The molecule has 0 spiro atoms. The van der Waals surface area contributed by atoms with Crippen molar-refractivity contribution in [2.24, 2.45) is 5.92 Å². The highest BCUT2D eigenvalue weighted by Crippen LogP contribution is 2.24. The van der Waals surface area contributed by atoms with Crippen LogP contribution >= 0.6 is 0 Å².